The molecule has 0 unspecified atom stereocenters. The highest BCUT2D eigenvalue weighted by Crippen LogP contribution is 2.37. The Hall–Kier alpha value is -2.80. The summed E-state index contributed by atoms with van der Waals surface area (Å²) in [5, 5.41) is 7.54. The highest BCUT2D eigenvalue weighted by molar-refractivity contribution is 6.21. The van der Waals surface area contributed by atoms with Crippen LogP contribution >= 0.6 is 0 Å². The molecule has 23 heavy (non-hydrogen) atoms. The van der Waals surface area contributed by atoms with E-state index in [1.807, 2.05) is 0 Å². The molecule has 0 spiro atoms. The third-order valence-corrected chi connectivity index (χ3v) is 4.81. The maximum atomic E-state index is 6.19. The molecule has 1 heterocycles. The molecule has 0 aliphatic heterocycles. The number of benzene rings is 4. The van der Waals surface area contributed by atoms with Crippen molar-refractivity contribution in [2.75, 3.05) is 0 Å². The van der Waals surface area contributed by atoms with E-state index >= 15 is 0 Å². The summed E-state index contributed by atoms with van der Waals surface area (Å²) >= 11 is 0. The summed E-state index contributed by atoms with van der Waals surface area (Å²) in [6, 6.07) is 23.8. The van der Waals surface area contributed by atoms with E-state index in [4.69, 9.17) is 4.42 Å². The topological polar surface area (TPSA) is 13.1 Å². The molecule has 1 aromatic heterocycles. The fourth-order valence-electron chi connectivity index (χ4n) is 3.65. The molecule has 0 saturated heterocycles. The highest BCUT2D eigenvalue weighted by atomic mass is 16.3. The molecule has 110 valence electrons. The zero-order valence-corrected chi connectivity index (χ0v) is 13.0. The van der Waals surface area contributed by atoms with Gasteiger partial charge in [-0.25, -0.2) is 0 Å². The summed E-state index contributed by atoms with van der Waals surface area (Å²) in [6.07, 6.45) is 0.984. The normalized spacial score (nSPS) is 11.9. The van der Waals surface area contributed by atoms with Crippen molar-refractivity contribution in [2.45, 2.75) is 13.3 Å². The molecule has 0 radical (unpaired) electrons. The smallest absolute Gasteiger partial charge is 0.138 e. The molecular formula is C22H16O. The Balaban J connectivity index is 2.03. The van der Waals surface area contributed by atoms with Crippen LogP contribution in [-0.2, 0) is 6.42 Å². The van der Waals surface area contributed by atoms with E-state index in [9.17, 15) is 0 Å². The van der Waals surface area contributed by atoms with Crippen molar-refractivity contribution < 1.29 is 4.42 Å². The van der Waals surface area contributed by atoms with Crippen molar-refractivity contribution in [3.8, 4) is 0 Å². The minimum absolute atomic E-state index is 0.976. The van der Waals surface area contributed by atoms with Crippen LogP contribution in [0.15, 0.2) is 71.1 Å². The van der Waals surface area contributed by atoms with E-state index in [1.54, 1.807) is 0 Å². The first-order chi connectivity index (χ1) is 11.3. The molecule has 0 atom stereocenters. The fraction of sp³-hybridized carbons (Fsp3) is 0.0909. The van der Waals surface area contributed by atoms with E-state index in [0.29, 0.717) is 0 Å². The lowest BCUT2D eigenvalue weighted by atomic mass is 9.99. The Labute approximate surface area is 134 Å². The molecule has 0 aliphatic rings. The van der Waals surface area contributed by atoms with Gasteiger partial charge in [-0.2, -0.15) is 0 Å². The second-order valence-corrected chi connectivity index (χ2v) is 6.11. The van der Waals surface area contributed by atoms with Crippen LogP contribution in [0.5, 0.6) is 0 Å². The van der Waals surface area contributed by atoms with Crippen molar-refractivity contribution in [1.29, 1.82) is 0 Å². The second-order valence-electron chi connectivity index (χ2n) is 6.11. The van der Waals surface area contributed by atoms with Crippen LogP contribution in [-0.4, -0.2) is 0 Å². The van der Waals surface area contributed by atoms with Crippen LogP contribution in [0.4, 0.5) is 0 Å². The van der Waals surface area contributed by atoms with Gasteiger partial charge in [-0.05, 0) is 51.7 Å². The Morgan fingerprint density at radius 3 is 2.39 bits per heavy atom. The lowest BCUT2D eigenvalue weighted by Crippen LogP contribution is -1.80. The van der Waals surface area contributed by atoms with Gasteiger partial charge < -0.3 is 4.42 Å². The highest BCUT2D eigenvalue weighted by Gasteiger charge is 2.13. The molecule has 1 nitrogen and oxygen atoms in total. The summed E-state index contributed by atoms with van der Waals surface area (Å²) in [5.74, 6) is 0. The minimum Gasteiger partial charge on any atom is -0.456 e. The molecular weight excluding hydrogens is 280 g/mol. The predicted molar refractivity (Wildman–Crippen MR) is 98.1 cm³/mol. The van der Waals surface area contributed by atoms with Crippen molar-refractivity contribution in [3.63, 3.8) is 0 Å². The van der Waals surface area contributed by atoms with Crippen LogP contribution in [0.2, 0.25) is 0 Å². The van der Waals surface area contributed by atoms with Gasteiger partial charge in [0.15, 0.2) is 0 Å². The van der Waals surface area contributed by atoms with Crippen LogP contribution in [0, 0.1) is 0 Å². The van der Waals surface area contributed by atoms with Gasteiger partial charge in [-0.15, -0.1) is 0 Å². The lowest BCUT2D eigenvalue weighted by molar-refractivity contribution is 0.663. The van der Waals surface area contributed by atoms with Crippen molar-refractivity contribution in [3.05, 3.63) is 72.3 Å². The van der Waals surface area contributed by atoms with Crippen LogP contribution < -0.4 is 0 Å². The third kappa shape index (κ3) is 1.74. The van der Waals surface area contributed by atoms with Gasteiger partial charge in [-0.3, -0.25) is 0 Å². The SMILES string of the molecule is CCc1cccc2c1oc1ccc3cc4ccccc4cc3c12. The lowest BCUT2D eigenvalue weighted by Gasteiger charge is -2.03. The van der Waals surface area contributed by atoms with E-state index in [2.05, 4.69) is 73.7 Å². The van der Waals surface area contributed by atoms with Crippen molar-refractivity contribution >= 4 is 43.5 Å². The first-order valence-corrected chi connectivity index (χ1v) is 8.11. The van der Waals surface area contributed by atoms with Gasteiger partial charge in [0, 0.05) is 10.8 Å². The number of hydrogen-bond donors (Lipinski definition) is 0. The van der Waals surface area contributed by atoms with Crippen LogP contribution in [0.1, 0.15) is 12.5 Å². The monoisotopic (exact) mass is 296 g/mol. The van der Waals surface area contributed by atoms with Gasteiger partial charge >= 0.3 is 0 Å². The zero-order chi connectivity index (χ0) is 15.4. The average molecular weight is 296 g/mol. The number of rotatable bonds is 1. The molecule has 5 aromatic rings. The molecule has 0 aliphatic carbocycles. The van der Waals surface area contributed by atoms with Gasteiger partial charge in [0.1, 0.15) is 11.2 Å². The van der Waals surface area contributed by atoms with E-state index in [-0.39, 0.29) is 0 Å². The Morgan fingerprint density at radius 2 is 1.57 bits per heavy atom. The second kappa shape index (κ2) is 4.60. The Kier molecular flexibility index (Phi) is 2.54. The van der Waals surface area contributed by atoms with Crippen LogP contribution in [0.25, 0.3) is 43.5 Å². The van der Waals surface area contributed by atoms with Crippen molar-refractivity contribution in [2.24, 2.45) is 0 Å². The zero-order valence-electron chi connectivity index (χ0n) is 13.0. The van der Waals surface area contributed by atoms with Gasteiger partial charge in [-0.1, -0.05) is 55.5 Å². The van der Waals surface area contributed by atoms with E-state index in [1.165, 1.54) is 37.9 Å². The van der Waals surface area contributed by atoms with Crippen LogP contribution in [0.3, 0.4) is 0 Å². The maximum absolute atomic E-state index is 6.19. The quantitative estimate of drug-likeness (QED) is 0.324. The first-order valence-electron chi connectivity index (χ1n) is 8.11. The third-order valence-electron chi connectivity index (χ3n) is 4.81. The number of aryl methyl sites for hydroxylation is 1. The molecule has 1 heteroatoms. The summed E-state index contributed by atoms with van der Waals surface area (Å²) < 4.78 is 6.19. The molecule has 4 aromatic carbocycles. The minimum atomic E-state index is 0.976. The Bertz CT molecular complexity index is 1190. The van der Waals surface area contributed by atoms with E-state index in [0.717, 1.165) is 17.6 Å². The molecule has 5 rings (SSSR count). The summed E-state index contributed by atoms with van der Waals surface area (Å²) in [7, 11) is 0. The standard InChI is InChI=1S/C22H16O/c1-2-14-8-5-9-18-21-19-13-16-7-4-3-6-15(16)12-17(19)10-11-20(21)23-22(14)18/h3-13H,2H2,1H3. The number of para-hydroxylation sites is 1. The number of fused-ring (bicyclic) bond motifs is 6. The van der Waals surface area contributed by atoms with E-state index < -0.39 is 0 Å². The van der Waals surface area contributed by atoms with Crippen molar-refractivity contribution in [1.82, 2.24) is 0 Å². The predicted octanol–water partition coefficient (Wildman–Crippen LogP) is 6.45. The molecule has 0 amide bonds. The fourth-order valence-corrected chi connectivity index (χ4v) is 3.65. The largest absolute Gasteiger partial charge is 0.456 e. The molecule has 0 bridgehead atoms. The van der Waals surface area contributed by atoms with Gasteiger partial charge in [0.05, 0.1) is 0 Å². The van der Waals surface area contributed by atoms with Gasteiger partial charge in [0.2, 0.25) is 0 Å². The first kappa shape index (κ1) is 12.7. The molecule has 0 fully saturated rings. The molecule has 0 N–H and O–H groups in total. The Morgan fingerprint density at radius 1 is 0.739 bits per heavy atom. The summed E-state index contributed by atoms with van der Waals surface area (Å²) in [6.45, 7) is 2.17. The number of hydrogen-bond acceptors (Lipinski definition) is 1. The average Bonchev–Trinajstić information content (AvgIpc) is 2.99. The maximum Gasteiger partial charge on any atom is 0.138 e. The summed E-state index contributed by atoms with van der Waals surface area (Å²) in [4.78, 5) is 0. The number of furan rings is 1. The molecule has 0 saturated carbocycles. The summed E-state index contributed by atoms with van der Waals surface area (Å²) in [5.41, 5.74) is 3.28. The van der Waals surface area contributed by atoms with Gasteiger partial charge in [0.25, 0.3) is 0 Å².